The number of aromatic nitrogens is 2. The Morgan fingerprint density at radius 3 is 3.13 bits per heavy atom. The topological polar surface area (TPSA) is 29.8 Å². The summed E-state index contributed by atoms with van der Waals surface area (Å²) in [6.07, 6.45) is 4.69. The van der Waals surface area contributed by atoms with E-state index in [-0.39, 0.29) is 0 Å². The van der Waals surface area contributed by atoms with Gasteiger partial charge in [0.1, 0.15) is 0 Å². The lowest BCUT2D eigenvalue weighted by Gasteiger charge is -2.24. The van der Waals surface area contributed by atoms with Crippen molar-refractivity contribution in [3.63, 3.8) is 0 Å². The van der Waals surface area contributed by atoms with Gasteiger partial charge in [0, 0.05) is 37.8 Å². The van der Waals surface area contributed by atoms with Crippen LogP contribution in [0.4, 0.5) is 0 Å². The second-order valence-electron chi connectivity index (χ2n) is 5.84. The summed E-state index contributed by atoms with van der Waals surface area (Å²) in [5, 5.41) is 6.99. The van der Waals surface area contributed by atoms with Crippen LogP contribution in [0.3, 0.4) is 0 Å². The highest BCUT2D eigenvalue weighted by Crippen LogP contribution is 2.24. The predicted molar refractivity (Wildman–Crippen MR) is 95.5 cm³/mol. The summed E-state index contributed by atoms with van der Waals surface area (Å²) in [5.41, 5.74) is 2.41. The van der Waals surface area contributed by atoms with Crippen molar-refractivity contribution in [2.75, 3.05) is 13.2 Å². The summed E-state index contributed by atoms with van der Waals surface area (Å²) < 4.78 is 7.93. The van der Waals surface area contributed by atoms with Crippen LogP contribution in [0, 0.1) is 0 Å². The van der Waals surface area contributed by atoms with Crippen molar-refractivity contribution < 1.29 is 4.74 Å². The maximum Gasteiger partial charge on any atom is 0.195 e. The molecule has 0 aliphatic carbocycles. The summed E-state index contributed by atoms with van der Waals surface area (Å²) >= 11 is 9.72. The van der Waals surface area contributed by atoms with E-state index in [4.69, 9.17) is 16.3 Å². The van der Waals surface area contributed by atoms with Crippen LogP contribution in [0.5, 0.6) is 0 Å². The van der Waals surface area contributed by atoms with Crippen molar-refractivity contribution in [1.29, 1.82) is 0 Å². The number of thiazole rings is 1. The minimum absolute atomic E-state index is 0.332. The summed E-state index contributed by atoms with van der Waals surface area (Å²) in [6.45, 7) is 3.52. The fourth-order valence-electron chi connectivity index (χ4n) is 3.06. The number of nitrogens with zero attached hydrogens (tertiary/aromatic N) is 3. The van der Waals surface area contributed by atoms with Gasteiger partial charge in [0.15, 0.2) is 10.1 Å². The first-order valence-corrected chi connectivity index (χ1v) is 9.94. The van der Waals surface area contributed by atoms with Crippen LogP contribution in [-0.2, 0) is 17.8 Å². The fourth-order valence-corrected chi connectivity index (χ4v) is 4.74. The third kappa shape index (κ3) is 3.46. The standard InChI is InChI=1S/C16H18ClN3OS2/c17-15-14(20-4-7-23-16(20)18-15)10-19(8-12-3-6-22-11-12)9-13-2-1-5-21-13/h3-4,6-7,11,13H,1-2,5,8-10H2/t13-/m1/s1. The Hall–Kier alpha value is -0.920. The van der Waals surface area contributed by atoms with Gasteiger partial charge in [-0.25, -0.2) is 4.98 Å². The molecule has 0 spiro atoms. The summed E-state index contributed by atoms with van der Waals surface area (Å²) in [7, 11) is 0. The van der Waals surface area contributed by atoms with E-state index in [1.54, 1.807) is 22.7 Å². The second kappa shape index (κ2) is 6.91. The molecule has 0 saturated carbocycles. The van der Waals surface area contributed by atoms with Crippen molar-refractivity contribution in [3.8, 4) is 0 Å². The number of imidazole rings is 1. The largest absolute Gasteiger partial charge is 0.377 e. The molecule has 7 heteroatoms. The molecule has 0 bridgehead atoms. The van der Waals surface area contributed by atoms with Gasteiger partial charge in [0.25, 0.3) is 0 Å². The molecule has 4 rings (SSSR count). The molecule has 23 heavy (non-hydrogen) atoms. The van der Waals surface area contributed by atoms with Gasteiger partial charge >= 0.3 is 0 Å². The van der Waals surface area contributed by atoms with Crippen LogP contribution in [0.15, 0.2) is 28.4 Å². The molecule has 0 unspecified atom stereocenters. The molecule has 0 amide bonds. The summed E-state index contributed by atoms with van der Waals surface area (Å²) in [6, 6.07) is 2.19. The highest BCUT2D eigenvalue weighted by Gasteiger charge is 2.22. The van der Waals surface area contributed by atoms with E-state index in [9.17, 15) is 0 Å². The zero-order valence-electron chi connectivity index (χ0n) is 12.7. The molecule has 1 aliphatic heterocycles. The molecule has 1 atom stereocenters. The smallest absolute Gasteiger partial charge is 0.195 e. The lowest BCUT2D eigenvalue weighted by Crippen LogP contribution is -2.31. The first kappa shape index (κ1) is 15.6. The van der Waals surface area contributed by atoms with Crippen molar-refractivity contribution >= 4 is 39.2 Å². The molecular formula is C16H18ClN3OS2. The minimum atomic E-state index is 0.332. The normalized spacial score (nSPS) is 18.4. The van der Waals surface area contributed by atoms with Crippen molar-refractivity contribution in [2.24, 2.45) is 0 Å². The quantitative estimate of drug-likeness (QED) is 0.650. The zero-order chi connectivity index (χ0) is 15.6. The molecule has 3 aromatic rings. The van der Waals surface area contributed by atoms with Crippen LogP contribution in [0.1, 0.15) is 24.1 Å². The first-order valence-electron chi connectivity index (χ1n) is 7.74. The van der Waals surface area contributed by atoms with E-state index in [0.717, 1.165) is 43.3 Å². The Labute approximate surface area is 148 Å². The Morgan fingerprint density at radius 1 is 1.39 bits per heavy atom. The van der Waals surface area contributed by atoms with Crippen molar-refractivity contribution in [2.45, 2.75) is 32.0 Å². The Bertz CT molecular complexity index is 762. The van der Waals surface area contributed by atoms with Crippen LogP contribution in [0.2, 0.25) is 5.15 Å². The molecular weight excluding hydrogens is 350 g/mol. The van der Waals surface area contributed by atoms with Crippen LogP contribution < -0.4 is 0 Å². The van der Waals surface area contributed by atoms with E-state index >= 15 is 0 Å². The van der Waals surface area contributed by atoms with E-state index in [0.29, 0.717) is 11.3 Å². The molecule has 4 nitrogen and oxygen atoms in total. The third-order valence-electron chi connectivity index (χ3n) is 4.16. The van der Waals surface area contributed by atoms with Crippen molar-refractivity contribution in [3.05, 3.63) is 44.8 Å². The van der Waals surface area contributed by atoms with E-state index < -0.39 is 0 Å². The van der Waals surface area contributed by atoms with Crippen LogP contribution in [0.25, 0.3) is 4.96 Å². The first-order chi connectivity index (χ1) is 11.3. The third-order valence-corrected chi connectivity index (χ3v) is 5.95. The lowest BCUT2D eigenvalue weighted by atomic mass is 10.2. The monoisotopic (exact) mass is 367 g/mol. The van der Waals surface area contributed by atoms with E-state index in [1.165, 1.54) is 12.0 Å². The molecule has 0 aromatic carbocycles. The number of halogens is 1. The van der Waals surface area contributed by atoms with Gasteiger partial charge in [-0.1, -0.05) is 11.6 Å². The minimum Gasteiger partial charge on any atom is -0.377 e. The molecule has 0 N–H and O–H groups in total. The number of ether oxygens (including phenoxy) is 1. The summed E-state index contributed by atoms with van der Waals surface area (Å²) in [5.74, 6) is 0. The summed E-state index contributed by atoms with van der Waals surface area (Å²) in [4.78, 5) is 7.82. The molecule has 122 valence electrons. The van der Waals surface area contributed by atoms with Gasteiger partial charge in [-0.2, -0.15) is 11.3 Å². The maximum absolute atomic E-state index is 6.37. The molecule has 1 saturated heterocycles. The number of fused-ring (bicyclic) bond motifs is 1. The second-order valence-corrected chi connectivity index (χ2v) is 7.85. The molecule has 0 radical (unpaired) electrons. The van der Waals surface area contributed by atoms with Gasteiger partial charge in [-0.3, -0.25) is 9.30 Å². The number of hydrogen-bond donors (Lipinski definition) is 0. The highest BCUT2D eigenvalue weighted by atomic mass is 35.5. The van der Waals surface area contributed by atoms with Crippen LogP contribution >= 0.6 is 34.3 Å². The van der Waals surface area contributed by atoms with Crippen molar-refractivity contribution in [1.82, 2.24) is 14.3 Å². The fraction of sp³-hybridized carbons (Fsp3) is 0.438. The predicted octanol–water partition coefficient (Wildman–Crippen LogP) is 4.29. The average molecular weight is 368 g/mol. The lowest BCUT2D eigenvalue weighted by molar-refractivity contribution is 0.0674. The van der Waals surface area contributed by atoms with Gasteiger partial charge < -0.3 is 4.74 Å². The molecule has 1 aliphatic rings. The SMILES string of the molecule is Clc1nc2sccn2c1CN(Cc1ccsc1)C[C@H]1CCCO1. The van der Waals surface area contributed by atoms with E-state index in [1.807, 2.05) is 11.6 Å². The Balaban J connectivity index is 1.56. The number of hydrogen-bond acceptors (Lipinski definition) is 5. The van der Waals surface area contributed by atoms with Gasteiger partial charge in [0.05, 0.1) is 11.8 Å². The van der Waals surface area contributed by atoms with Crippen LogP contribution in [-0.4, -0.2) is 33.5 Å². The van der Waals surface area contributed by atoms with Gasteiger partial charge in [0.2, 0.25) is 0 Å². The molecule has 3 aromatic heterocycles. The number of rotatable bonds is 6. The number of thiophene rings is 1. The maximum atomic E-state index is 6.37. The van der Waals surface area contributed by atoms with E-state index in [2.05, 4.69) is 31.1 Å². The Morgan fingerprint density at radius 2 is 2.35 bits per heavy atom. The van der Waals surface area contributed by atoms with Gasteiger partial charge in [-0.05, 0) is 35.2 Å². The zero-order valence-corrected chi connectivity index (χ0v) is 15.0. The average Bonchev–Trinajstić information content (AvgIpc) is 3.28. The Kier molecular flexibility index (Phi) is 4.68. The molecule has 4 heterocycles. The highest BCUT2D eigenvalue weighted by molar-refractivity contribution is 7.15. The van der Waals surface area contributed by atoms with Gasteiger partial charge in [-0.15, -0.1) is 11.3 Å². The molecule has 1 fully saturated rings.